The second-order valence-electron chi connectivity index (χ2n) is 8.47. The van der Waals surface area contributed by atoms with Gasteiger partial charge in [0.2, 0.25) is 0 Å². The third-order valence-corrected chi connectivity index (χ3v) is 6.18. The highest BCUT2D eigenvalue weighted by Gasteiger charge is 2.50. The lowest BCUT2D eigenvalue weighted by Gasteiger charge is -2.41. The molecule has 0 bridgehead atoms. The molecule has 0 unspecified atom stereocenters. The minimum Gasteiger partial charge on any atom is -0.393 e. The highest BCUT2D eigenvalue weighted by Crippen LogP contribution is 2.29. The largest absolute Gasteiger partial charge is 0.393 e. The smallest absolute Gasteiger partial charge is 0.186 e. The molecule has 0 aromatic rings. The molecule has 7 N–H and O–H groups in total. The maximum atomic E-state index is 10.6. The zero-order valence-electron chi connectivity index (χ0n) is 17.6. The Morgan fingerprint density at radius 2 is 1.73 bits per heavy atom. The molecule has 2 heterocycles. The topological polar surface area (TPSA) is 179 Å². The molecule has 0 radical (unpaired) electrons. The number of aliphatic hydroxyl groups is 7. The zero-order chi connectivity index (χ0) is 22.7. The summed E-state index contributed by atoms with van der Waals surface area (Å²) >= 11 is 0. The van der Waals surface area contributed by atoms with Crippen LogP contribution < -0.4 is 0 Å². The first-order valence-electron chi connectivity index (χ1n) is 10.3. The Morgan fingerprint density at radius 3 is 2.27 bits per heavy atom. The second kappa shape index (κ2) is 10.5. The predicted molar refractivity (Wildman–Crippen MR) is 101 cm³/mol. The van der Waals surface area contributed by atoms with Crippen LogP contribution in [0, 0.1) is 5.92 Å². The van der Waals surface area contributed by atoms with Gasteiger partial charge in [0.1, 0.15) is 36.1 Å². The van der Waals surface area contributed by atoms with E-state index in [0.717, 1.165) is 0 Å². The molecule has 2 aliphatic rings. The predicted octanol–water partition coefficient (Wildman–Crippen LogP) is -2.54. The first kappa shape index (κ1) is 25.8. The number of rotatable bonds is 10. The summed E-state index contributed by atoms with van der Waals surface area (Å²) in [4.78, 5) is 0. The van der Waals surface area contributed by atoms with E-state index in [0.29, 0.717) is 6.42 Å². The molecule has 178 valence electrons. The van der Waals surface area contributed by atoms with E-state index in [2.05, 4.69) is 0 Å². The van der Waals surface area contributed by atoms with Gasteiger partial charge in [0, 0.05) is 0 Å². The normalized spacial score (nSPS) is 41.9. The van der Waals surface area contributed by atoms with Gasteiger partial charge < -0.3 is 54.7 Å². The lowest BCUT2D eigenvalue weighted by atomic mass is 9.85. The van der Waals surface area contributed by atoms with Crippen molar-refractivity contribution in [2.75, 3.05) is 26.4 Å². The minimum atomic E-state index is -1.86. The molecule has 2 aliphatic heterocycles. The molecule has 0 amide bonds. The number of hydrogen-bond donors (Lipinski definition) is 7. The highest BCUT2D eigenvalue weighted by atomic mass is 16.7. The van der Waals surface area contributed by atoms with Crippen molar-refractivity contribution in [1.29, 1.82) is 0 Å². The van der Waals surface area contributed by atoms with E-state index in [9.17, 15) is 30.6 Å². The molecule has 0 aromatic heterocycles. The molecular formula is C19H36O11. The van der Waals surface area contributed by atoms with Crippen LogP contribution in [0.15, 0.2) is 0 Å². The monoisotopic (exact) mass is 440 g/mol. The van der Waals surface area contributed by atoms with Crippen molar-refractivity contribution in [3.05, 3.63) is 0 Å². The van der Waals surface area contributed by atoms with Gasteiger partial charge in [-0.25, -0.2) is 0 Å². The van der Waals surface area contributed by atoms with Gasteiger partial charge in [0.15, 0.2) is 12.6 Å². The maximum absolute atomic E-state index is 10.6. The maximum Gasteiger partial charge on any atom is 0.186 e. The van der Waals surface area contributed by atoms with E-state index in [1.807, 2.05) is 20.8 Å². The molecule has 0 saturated carbocycles. The van der Waals surface area contributed by atoms with Crippen molar-refractivity contribution in [2.45, 2.75) is 87.9 Å². The van der Waals surface area contributed by atoms with Crippen LogP contribution in [0.3, 0.4) is 0 Å². The van der Waals surface area contributed by atoms with Gasteiger partial charge in [-0.3, -0.25) is 0 Å². The Hall–Kier alpha value is -0.440. The van der Waals surface area contributed by atoms with Crippen LogP contribution in [0.5, 0.6) is 0 Å². The summed E-state index contributed by atoms with van der Waals surface area (Å²) < 4.78 is 21.5. The Labute approximate surface area is 175 Å². The fraction of sp³-hybridized carbons (Fsp3) is 1.00. The Bertz CT molecular complexity index is 535. The fourth-order valence-corrected chi connectivity index (χ4v) is 3.54. The molecule has 11 nitrogen and oxygen atoms in total. The van der Waals surface area contributed by atoms with Gasteiger partial charge in [0.05, 0.1) is 32.0 Å². The van der Waals surface area contributed by atoms with E-state index >= 15 is 0 Å². The first-order valence-corrected chi connectivity index (χ1v) is 10.3. The van der Waals surface area contributed by atoms with Crippen LogP contribution in [-0.2, 0) is 18.9 Å². The molecular weight excluding hydrogens is 404 g/mol. The minimum absolute atomic E-state index is 0.00716. The SMILES string of the molecule is CC[C@](O)(CCO[C@@H]1O[C@H](CO[C@H]2OC[C@](O)(CO)[C@H]2O)[C@@H](O)[C@H](O)[C@H]1O)C(C)C. The summed E-state index contributed by atoms with van der Waals surface area (Å²) in [6.07, 6.45) is -8.97. The molecule has 0 spiro atoms. The van der Waals surface area contributed by atoms with Crippen molar-refractivity contribution >= 4 is 0 Å². The van der Waals surface area contributed by atoms with E-state index < -0.39 is 60.9 Å². The molecule has 30 heavy (non-hydrogen) atoms. The molecule has 2 saturated heterocycles. The molecule has 11 heteroatoms. The molecule has 0 aliphatic carbocycles. The van der Waals surface area contributed by atoms with E-state index in [4.69, 9.17) is 24.1 Å². The summed E-state index contributed by atoms with van der Waals surface area (Å²) in [5.74, 6) is -0.00716. The van der Waals surface area contributed by atoms with Crippen LogP contribution in [0.1, 0.15) is 33.6 Å². The van der Waals surface area contributed by atoms with Gasteiger partial charge in [0.25, 0.3) is 0 Å². The average molecular weight is 440 g/mol. The van der Waals surface area contributed by atoms with Gasteiger partial charge in [-0.05, 0) is 18.8 Å². The van der Waals surface area contributed by atoms with Gasteiger partial charge in [-0.2, -0.15) is 0 Å². The third-order valence-electron chi connectivity index (χ3n) is 6.18. The van der Waals surface area contributed by atoms with E-state index in [-0.39, 0.29) is 32.2 Å². The van der Waals surface area contributed by atoms with E-state index in [1.165, 1.54) is 0 Å². The van der Waals surface area contributed by atoms with Gasteiger partial charge in [-0.15, -0.1) is 0 Å². The summed E-state index contributed by atoms with van der Waals surface area (Å²) in [5, 5.41) is 70.2. The molecule has 0 aromatic carbocycles. The van der Waals surface area contributed by atoms with Crippen molar-refractivity contribution in [3.63, 3.8) is 0 Å². The zero-order valence-corrected chi connectivity index (χ0v) is 17.6. The van der Waals surface area contributed by atoms with Gasteiger partial charge in [-0.1, -0.05) is 20.8 Å². The standard InChI is InChI=1S/C19H36O11/c1-4-18(25,10(2)3)5-6-27-16-14(23)13(22)12(21)11(30-16)7-28-17-15(24)19(26,8-20)9-29-17/h10-17,20-26H,4-9H2,1-3H3/t11-,12-,13+,14-,15+,16-,17+,18+,19-/m1/s1. The average Bonchev–Trinajstić information content (AvgIpc) is 3.01. The van der Waals surface area contributed by atoms with Crippen molar-refractivity contribution < 1.29 is 54.7 Å². The van der Waals surface area contributed by atoms with Crippen molar-refractivity contribution in [2.24, 2.45) is 5.92 Å². The molecule has 9 atom stereocenters. The van der Waals surface area contributed by atoms with E-state index in [1.54, 1.807) is 0 Å². The number of hydrogen-bond acceptors (Lipinski definition) is 11. The highest BCUT2D eigenvalue weighted by molar-refractivity contribution is 4.94. The van der Waals surface area contributed by atoms with Crippen LogP contribution in [0.4, 0.5) is 0 Å². The fourth-order valence-electron chi connectivity index (χ4n) is 3.54. The summed E-state index contributed by atoms with van der Waals surface area (Å²) in [6.45, 7) is 4.27. The first-order chi connectivity index (χ1) is 14.0. The third kappa shape index (κ3) is 5.48. The van der Waals surface area contributed by atoms with Crippen LogP contribution in [0.2, 0.25) is 0 Å². The van der Waals surface area contributed by atoms with Crippen LogP contribution in [-0.4, -0.2) is 116 Å². The van der Waals surface area contributed by atoms with Gasteiger partial charge >= 0.3 is 0 Å². The molecule has 2 fully saturated rings. The lowest BCUT2D eigenvalue weighted by molar-refractivity contribution is -0.311. The molecule has 2 rings (SSSR count). The summed E-state index contributed by atoms with van der Waals surface area (Å²) in [5.41, 5.74) is -2.80. The second-order valence-corrected chi connectivity index (χ2v) is 8.47. The number of ether oxygens (including phenoxy) is 4. The Morgan fingerprint density at radius 1 is 1.07 bits per heavy atom. The Balaban J connectivity index is 1.91. The Kier molecular flexibility index (Phi) is 8.99. The number of aliphatic hydroxyl groups excluding tert-OH is 5. The summed E-state index contributed by atoms with van der Waals surface area (Å²) in [6, 6.07) is 0. The van der Waals surface area contributed by atoms with Crippen molar-refractivity contribution in [1.82, 2.24) is 0 Å². The van der Waals surface area contributed by atoms with Crippen molar-refractivity contribution in [3.8, 4) is 0 Å². The quantitative estimate of drug-likeness (QED) is 0.190. The van der Waals surface area contributed by atoms with Crippen LogP contribution in [0.25, 0.3) is 0 Å². The van der Waals surface area contributed by atoms with Crippen LogP contribution >= 0.6 is 0 Å². The lowest BCUT2D eigenvalue weighted by Crippen LogP contribution is -2.59. The summed E-state index contributed by atoms with van der Waals surface area (Å²) in [7, 11) is 0.